The maximum absolute atomic E-state index is 10.4. The van der Waals surface area contributed by atoms with Crippen molar-refractivity contribution < 1.29 is 34.8 Å². The van der Waals surface area contributed by atoms with E-state index in [4.69, 9.17) is 5.11 Å². The van der Waals surface area contributed by atoms with Crippen molar-refractivity contribution in [1.82, 2.24) is 0 Å². The molecule has 0 fully saturated rings. The summed E-state index contributed by atoms with van der Waals surface area (Å²) >= 11 is 0. The number of rotatable bonds is 6. The molecule has 0 aromatic carbocycles. The Hall–Kier alpha value is -1.63. The highest BCUT2D eigenvalue weighted by molar-refractivity contribution is 5.83. The molecule has 0 aliphatic heterocycles. The number of aliphatic hydroxyl groups is 1. The molecule has 0 amide bonds. The van der Waals surface area contributed by atoms with Gasteiger partial charge in [-0.2, -0.15) is 0 Å². The molecule has 1 unspecified atom stereocenters. The Kier molecular flexibility index (Phi) is 4.03. The second-order valence-electron chi connectivity index (χ2n) is 2.76. The lowest BCUT2D eigenvalue weighted by atomic mass is 9.94. The molecular formula is C7H8O7-2. The zero-order chi connectivity index (χ0) is 11.4. The molecule has 0 bridgehead atoms. The monoisotopic (exact) mass is 204 g/mol. The third-order valence-corrected chi connectivity index (χ3v) is 1.58. The largest absolute Gasteiger partial charge is 0.550 e. The number of carbonyl (C=O) groups is 3. The molecule has 7 heteroatoms. The van der Waals surface area contributed by atoms with Gasteiger partial charge in [0.2, 0.25) is 0 Å². The van der Waals surface area contributed by atoms with Crippen molar-refractivity contribution in [2.45, 2.75) is 24.9 Å². The summed E-state index contributed by atoms with van der Waals surface area (Å²) in [4.78, 5) is 30.5. The highest BCUT2D eigenvalue weighted by Gasteiger charge is 2.35. The van der Waals surface area contributed by atoms with Crippen molar-refractivity contribution in [3.05, 3.63) is 0 Å². The molecular weight excluding hydrogens is 196 g/mol. The van der Waals surface area contributed by atoms with Gasteiger partial charge in [0.1, 0.15) is 0 Å². The van der Waals surface area contributed by atoms with Crippen LogP contribution in [0.4, 0.5) is 0 Å². The Labute approximate surface area is 78.6 Å². The second kappa shape index (κ2) is 4.56. The normalized spacial score (nSPS) is 14.4. The summed E-state index contributed by atoms with van der Waals surface area (Å²) in [6.45, 7) is 0. The first-order chi connectivity index (χ1) is 6.28. The highest BCUT2D eigenvalue weighted by atomic mass is 16.4. The Morgan fingerprint density at radius 3 is 1.93 bits per heavy atom. The maximum Gasteiger partial charge on any atom is 0.336 e. The van der Waals surface area contributed by atoms with Crippen molar-refractivity contribution in [2.75, 3.05) is 0 Å². The van der Waals surface area contributed by atoms with Crippen molar-refractivity contribution in [3.63, 3.8) is 0 Å². The van der Waals surface area contributed by atoms with Crippen molar-refractivity contribution >= 4 is 17.9 Å². The van der Waals surface area contributed by atoms with E-state index in [-0.39, 0.29) is 0 Å². The quantitative estimate of drug-likeness (QED) is 0.457. The first kappa shape index (κ1) is 12.4. The van der Waals surface area contributed by atoms with E-state index < -0.39 is 42.8 Å². The van der Waals surface area contributed by atoms with E-state index in [1.54, 1.807) is 0 Å². The van der Waals surface area contributed by atoms with E-state index in [1.807, 2.05) is 0 Å². The Morgan fingerprint density at radius 2 is 1.64 bits per heavy atom. The molecule has 80 valence electrons. The molecule has 2 N–H and O–H groups in total. The lowest BCUT2D eigenvalue weighted by Crippen LogP contribution is -2.45. The molecule has 0 saturated carbocycles. The van der Waals surface area contributed by atoms with Gasteiger partial charge >= 0.3 is 5.97 Å². The zero-order valence-corrected chi connectivity index (χ0v) is 7.06. The van der Waals surface area contributed by atoms with E-state index in [0.717, 1.165) is 0 Å². The number of hydrogen-bond donors (Lipinski definition) is 2. The standard InChI is InChI=1S/C7H10O7/c8-4(9)1-2-7(14,6(12)13)3-5(10)11/h14H,1-3H2,(H,8,9)(H,10,11)(H,12,13)/p-2. The molecule has 0 spiro atoms. The van der Waals surface area contributed by atoms with Gasteiger partial charge < -0.3 is 30.0 Å². The fraction of sp³-hybridized carbons (Fsp3) is 0.571. The smallest absolute Gasteiger partial charge is 0.336 e. The predicted octanol–water partition coefficient (Wildman–Crippen LogP) is -3.53. The number of carboxylic acid groups (broad SMARTS) is 3. The van der Waals surface area contributed by atoms with Crippen LogP contribution < -0.4 is 10.2 Å². The third-order valence-electron chi connectivity index (χ3n) is 1.58. The lowest BCUT2D eigenvalue weighted by Gasteiger charge is -2.23. The van der Waals surface area contributed by atoms with Crippen LogP contribution in [0.5, 0.6) is 0 Å². The topological polar surface area (TPSA) is 138 Å². The Bertz CT molecular complexity index is 259. The van der Waals surface area contributed by atoms with Crippen LogP contribution in [-0.4, -0.2) is 33.7 Å². The highest BCUT2D eigenvalue weighted by Crippen LogP contribution is 2.17. The molecule has 0 saturated heterocycles. The summed E-state index contributed by atoms with van der Waals surface area (Å²) in [5.74, 6) is -5.14. The van der Waals surface area contributed by atoms with Crippen LogP contribution in [0.25, 0.3) is 0 Å². The van der Waals surface area contributed by atoms with Crippen molar-refractivity contribution in [3.8, 4) is 0 Å². The number of hydrogen-bond acceptors (Lipinski definition) is 6. The predicted molar refractivity (Wildman–Crippen MR) is 36.5 cm³/mol. The first-order valence-electron chi connectivity index (χ1n) is 3.63. The van der Waals surface area contributed by atoms with Crippen LogP contribution in [0.15, 0.2) is 0 Å². The summed E-state index contributed by atoms with van der Waals surface area (Å²) in [6.07, 6.45) is -2.63. The van der Waals surface area contributed by atoms with Crippen LogP contribution in [0.3, 0.4) is 0 Å². The Balaban J connectivity index is 4.47. The number of carboxylic acids is 3. The average molecular weight is 204 g/mol. The third kappa shape index (κ3) is 3.85. The number of carbonyl (C=O) groups excluding carboxylic acids is 2. The first-order valence-corrected chi connectivity index (χ1v) is 3.63. The molecule has 0 aliphatic rings. The summed E-state index contributed by atoms with van der Waals surface area (Å²) < 4.78 is 0. The van der Waals surface area contributed by atoms with Crippen molar-refractivity contribution in [1.29, 1.82) is 0 Å². The van der Waals surface area contributed by atoms with Crippen LogP contribution in [0.1, 0.15) is 19.3 Å². The molecule has 0 radical (unpaired) electrons. The van der Waals surface area contributed by atoms with E-state index in [0.29, 0.717) is 0 Å². The minimum absolute atomic E-state index is 0.737. The van der Waals surface area contributed by atoms with Crippen molar-refractivity contribution in [2.24, 2.45) is 0 Å². The summed E-state index contributed by atoms with van der Waals surface area (Å²) in [5, 5.41) is 37.7. The van der Waals surface area contributed by atoms with Gasteiger partial charge in [0.15, 0.2) is 5.60 Å². The van der Waals surface area contributed by atoms with Gasteiger partial charge in [0.05, 0.1) is 0 Å². The van der Waals surface area contributed by atoms with Crippen LogP contribution in [0, 0.1) is 0 Å². The fourth-order valence-corrected chi connectivity index (χ4v) is 0.819. The van der Waals surface area contributed by atoms with E-state index in [1.165, 1.54) is 0 Å². The molecule has 7 nitrogen and oxygen atoms in total. The molecule has 0 aromatic heterocycles. The zero-order valence-electron chi connectivity index (χ0n) is 7.06. The molecule has 1 atom stereocenters. The van der Waals surface area contributed by atoms with Gasteiger partial charge in [-0.3, -0.25) is 0 Å². The van der Waals surface area contributed by atoms with Gasteiger partial charge in [-0.05, 0) is 12.8 Å². The van der Waals surface area contributed by atoms with Crippen LogP contribution in [-0.2, 0) is 14.4 Å². The van der Waals surface area contributed by atoms with Gasteiger partial charge in [0.25, 0.3) is 0 Å². The maximum atomic E-state index is 10.4. The SMILES string of the molecule is O=C([O-])CCC(O)(CC(=O)[O-])C(=O)O. The van der Waals surface area contributed by atoms with Gasteiger partial charge in [0, 0.05) is 18.4 Å². The molecule has 0 aliphatic carbocycles. The number of aliphatic carboxylic acids is 3. The molecule has 0 heterocycles. The lowest BCUT2D eigenvalue weighted by molar-refractivity contribution is -0.312. The van der Waals surface area contributed by atoms with E-state index >= 15 is 0 Å². The fourth-order valence-electron chi connectivity index (χ4n) is 0.819. The van der Waals surface area contributed by atoms with Gasteiger partial charge in [-0.15, -0.1) is 0 Å². The average Bonchev–Trinajstić information content (AvgIpc) is 1.99. The van der Waals surface area contributed by atoms with Crippen LogP contribution in [0.2, 0.25) is 0 Å². The van der Waals surface area contributed by atoms with E-state index in [9.17, 15) is 29.7 Å². The molecule has 0 aromatic rings. The minimum Gasteiger partial charge on any atom is -0.550 e. The molecule has 14 heavy (non-hydrogen) atoms. The summed E-state index contributed by atoms with van der Waals surface area (Å²) in [6, 6.07) is 0. The summed E-state index contributed by atoms with van der Waals surface area (Å²) in [5.41, 5.74) is -2.61. The molecule has 0 rings (SSSR count). The summed E-state index contributed by atoms with van der Waals surface area (Å²) in [7, 11) is 0. The minimum atomic E-state index is -2.61. The van der Waals surface area contributed by atoms with Crippen LogP contribution >= 0.6 is 0 Å². The van der Waals surface area contributed by atoms with E-state index in [2.05, 4.69) is 0 Å². The van der Waals surface area contributed by atoms with Gasteiger partial charge in [-0.25, -0.2) is 4.79 Å². The van der Waals surface area contributed by atoms with Gasteiger partial charge in [-0.1, -0.05) is 0 Å². The second-order valence-corrected chi connectivity index (χ2v) is 2.76. The Morgan fingerprint density at radius 1 is 1.14 bits per heavy atom.